The first-order chi connectivity index (χ1) is 10.7. The number of carbonyl (C=O) groups excluding carboxylic acids is 2. The SMILES string of the molecule is CCCc1ccccc1NC(=O)C(=O)NC(CCO)C1CC1. The van der Waals surface area contributed by atoms with E-state index in [-0.39, 0.29) is 12.6 Å². The van der Waals surface area contributed by atoms with Crippen LogP contribution in [0.5, 0.6) is 0 Å². The Balaban J connectivity index is 1.94. The minimum atomic E-state index is -0.646. The third kappa shape index (κ3) is 4.56. The summed E-state index contributed by atoms with van der Waals surface area (Å²) in [4.78, 5) is 24.1. The van der Waals surface area contributed by atoms with Crippen molar-refractivity contribution in [2.45, 2.75) is 45.1 Å². The number of carbonyl (C=O) groups is 2. The minimum absolute atomic E-state index is 0.0163. The van der Waals surface area contributed by atoms with E-state index in [0.29, 0.717) is 18.0 Å². The highest BCUT2D eigenvalue weighted by Crippen LogP contribution is 2.33. The van der Waals surface area contributed by atoms with Crippen LogP contribution in [0.2, 0.25) is 0 Å². The molecular formula is C17H24N2O3. The van der Waals surface area contributed by atoms with Crippen molar-refractivity contribution in [3.05, 3.63) is 29.8 Å². The van der Waals surface area contributed by atoms with Crippen LogP contribution in [-0.2, 0) is 16.0 Å². The van der Waals surface area contributed by atoms with E-state index in [1.54, 1.807) is 0 Å². The number of hydrogen-bond acceptors (Lipinski definition) is 3. The highest BCUT2D eigenvalue weighted by molar-refractivity contribution is 6.39. The van der Waals surface area contributed by atoms with Crippen molar-refractivity contribution < 1.29 is 14.7 Å². The molecule has 1 aromatic rings. The zero-order chi connectivity index (χ0) is 15.9. The molecule has 1 aromatic carbocycles. The monoisotopic (exact) mass is 304 g/mol. The standard InChI is InChI=1S/C17H24N2O3/c1-2-5-12-6-3-4-7-14(12)18-16(21)17(22)19-15(10-11-20)13-8-9-13/h3-4,6-7,13,15,20H,2,5,8-11H2,1H3,(H,18,21)(H,19,22). The van der Waals surface area contributed by atoms with Gasteiger partial charge >= 0.3 is 11.8 Å². The number of rotatable bonds is 7. The molecule has 5 heteroatoms. The van der Waals surface area contributed by atoms with E-state index < -0.39 is 11.8 Å². The van der Waals surface area contributed by atoms with E-state index in [4.69, 9.17) is 5.11 Å². The lowest BCUT2D eigenvalue weighted by molar-refractivity contribution is -0.136. The summed E-state index contributed by atoms with van der Waals surface area (Å²) < 4.78 is 0. The van der Waals surface area contributed by atoms with Crippen LogP contribution in [0.1, 0.15) is 38.2 Å². The summed E-state index contributed by atoms with van der Waals surface area (Å²) in [5.74, 6) is -0.875. The molecule has 120 valence electrons. The normalized spacial score (nSPS) is 15.2. The van der Waals surface area contributed by atoms with Crippen LogP contribution in [0.15, 0.2) is 24.3 Å². The smallest absolute Gasteiger partial charge is 0.313 e. The maximum atomic E-state index is 12.1. The molecule has 2 amide bonds. The van der Waals surface area contributed by atoms with Crippen molar-refractivity contribution in [1.82, 2.24) is 5.32 Å². The van der Waals surface area contributed by atoms with Crippen LogP contribution in [0.3, 0.4) is 0 Å². The second-order valence-corrected chi connectivity index (χ2v) is 5.79. The number of anilines is 1. The van der Waals surface area contributed by atoms with Gasteiger partial charge in [-0.05, 0) is 43.2 Å². The Hall–Kier alpha value is -1.88. The minimum Gasteiger partial charge on any atom is -0.396 e. The van der Waals surface area contributed by atoms with Crippen LogP contribution in [-0.4, -0.2) is 29.6 Å². The first-order valence-corrected chi connectivity index (χ1v) is 7.96. The largest absolute Gasteiger partial charge is 0.396 e. The molecule has 22 heavy (non-hydrogen) atoms. The summed E-state index contributed by atoms with van der Waals surface area (Å²) in [5.41, 5.74) is 1.72. The van der Waals surface area contributed by atoms with E-state index >= 15 is 0 Å². The summed E-state index contributed by atoms with van der Waals surface area (Å²) >= 11 is 0. The van der Waals surface area contributed by atoms with Gasteiger partial charge in [-0.1, -0.05) is 31.5 Å². The van der Waals surface area contributed by atoms with Gasteiger partial charge in [0.05, 0.1) is 0 Å². The van der Waals surface area contributed by atoms with E-state index in [2.05, 4.69) is 17.6 Å². The Morgan fingerprint density at radius 1 is 1.27 bits per heavy atom. The molecule has 1 aliphatic rings. The summed E-state index contributed by atoms with van der Waals surface area (Å²) in [6.07, 6.45) is 4.42. The second-order valence-electron chi connectivity index (χ2n) is 5.79. The molecule has 0 radical (unpaired) electrons. The van der Waals surface area contributed by atoms with Gasteiger partial charge in [-0.3, -0.25) is 9.59 Å². The van der Waals surface area contributed by atoms with Crippen LogP contribution in [0, 0.1) is 5.92 Å². The highest BCUT2D eigenvalue weighted by Gasteiger charge is 2.33. The van der Waals surface area contributed by atoms with Gasteiger partial charge in [-0.15, -0.1) is 0 Å². The van der Waals surface area contributed by atoms with E-state index in [1.807, 2.05) is 24.3 Å². The predicted octanol–water partition coefficient (Wildman–Crippen LogP) is 1.85. The Kier molecular flexibility index (Phi) is 5.95. The van der Waals surface area contributed by atoms with Gasteiger partial charge in [0.2, 0.25) is 0 Å². The van der Waals surface area contributed by atoms with E-state index in [0.717, 1.165) is 31.2 Å². The van der Waals surface area contributed by atoms with Gasteiger partial charge in [-0.25, -0.2) is 0 Å². The Labute approximate surface area is 131 Å². The zero-order valence-electron chi connectivity index (χ0n) is 13.0. The lowest BCUT2D eigenvalue weighted by Crippen LogP contribution is -2.43. The van der Waals surface area contributed by atoms with Gasteiger partial charge in [0.1, 0.15) is 0 Å². The zero-order valence-corrected chi connectivity index (χ0v) is 13.0. The Morgan fingerprint density at radius 2 is 2.00 bits per heavy atom. The quantitative estimate of drug-likeness (QED) is 0.673. The molecule has 0 bridgehead atoms. The third-order valence-corrected chi connectivity index (χ3v) is 3.94. The first kappa shape index (κ1) is 16.5. The molecule has 0 aliphatic heterocycles. The third-order valence-electron chi connectivity index (χ3n) is 3.94. The van der Waals surface area contributed by atoms with Gasteiger partial charge in [0.15, 0.2) is 0 Å². The van der Waals surface area contributed by atoms with Gasteiger partial charge in [0.25, 0.3) is 0 Å². The van der Waals surface area contributed by atoms with Crippen LogP contribution >= 0.6 is 0 Å². The molecule has 1 fully saturated rings. The van der Waals surface area contributed by atoms with Crippen LogP contribution in [0.25, 0.3) is 0 Å². The second kappa shape index (κ2) is 7.94. The number of aliphatic hydroxyl groups excluding tert-OH is 1. The molecule has 1 saturated carbocycles. The molecule has 1 aliphatic carbocycles. The molecule has 1 unspecified atom stereocenters. The first-order valence-electron chi connectivity index (χ1n) is 7.96. The molecule has 0 spiro atoms. The number of hydrogen-bond donors (Lipinski definition) is 3. The van der Waals surface area contributed by atoms with Crippen molar-refractivity contribution >= 4 is 17.5 Å². The fourth-order valence-corrected chi connectivity index (χ4v) is 2.61. The van der Waals surface area contributed by atoms with Gasteiger partial charge in [-0.2, -0.15) is 0 Å². The predicted molar refractivity (Wildman–Crippen MR) is 85.4 cm³/mol. The summed E-state index contributed by atoms with van der Waals surface area (Å²) in [6, 6.07) is 7.42. The maximum absolute atomic E-state index is 12.1. The van der Waals surface area contributed by atoms with Gasteiger partial charge < -0.3 is 15.7 Å². The van der Waals surface area contributed by atoms with Gasteiger partial charge in [0, 0.05) is 18.3 Å². The average Bonchev–Trinajstić information content (AvgIpc) is 3.33. The number of benzene rings is 1. The average molecular weight is 304 g/mol. The van der Waals surface area contributed by atoms with E-state index in [9.17, 15) is 9.59 Å². The molecule has 2 rings (SSSR count). The number of aryl methyl sites for hydroxylation is 1. The number of amides is 2. The number of aliphatic hydroxyl groups is 1. The molecule has 0 heterocycles. The molecule has 1 atom stereocenters. The van der Waals surface area contributed by atoms with Crippen molar-refractivity contribution in [1.29, 1.82) is 0 Å². The van der Waals surface area contributed by atoms with Crippen molar-refractivity contribution in [3.63, 3.8) is 0 Å². The Bertz CT molecular complexity index is 526. The fourth-order valence-electron chi connectivity index (χ4n) is 2.61. The lowest BCUT2D eigenvalue weighted by atomic mass is 10.1. The summed E-state index contributed by atoms with van der Waals surface area (Å²) in [6.45, 7) is 2.09. The maximum Gasteiger partial charge on any atom is 0.313 e. The fraction of sp³-hybridized carbons (Fsp3) is 0.529. The number of nitrogens with one attached hydrogen (secondary N) is 2. The van der Waals surface area contributed by atoms with E-state index in [1.165, 1.54) is 0 Å². The van der Waals surface area contributed by atoms with Crippen molar-refractivity contribution in [3.8, 4) is 0 Å². The van der Waals surface area contributed by atoms with Crippen molar-refractivity contribution in [2.75, 3.05) is 11.9 Å². The Morgan fingerprint density at radius 3 is 2.64 bits per heavy atom. The number of para-hydroxylation sites is 1. The summed E-state index contributed by atoms with van der Waals surface area (Å²) in [5, 5.41) is 14.5. The molecule has 5 nitrogen and oxygen atoms in total. The molecule has 0 aromatic heterocycles. The molecular weight excluding hydrogens is 280 g/mol. The molecule has 0 saturated heterocycles. The molecule has 3 N–H and O–H groups in total. The van der Waals surface area contributed by atoms with Crippen molar-refractivity contribution in [2.24, 2.45) is 5.92 Å². The summed E-state index contributed by atoms with van der Waals surface area (Å²) in [7, 11) is 0. The van der Waals surface area contributed by atoms with Crippen LogP contribution in [0.4, 0.5) is 5.69 Å². The highest BCUT2D eigenvalue weighted by atomic mass is 16.3. The van der Waals surface area contributed by atoms with Crippen LogP contribution < -0.4 is 10.6 Å². The lowest BCUT2D eigenvalue weighted by Gasteiger charge is -2.17. The topological polar surface area (TPSA) is 78.4 Å².